The molecule has 0 radical (unpaired) electrons. The second-order valence-corrected chi connectivity index (χ2v) is 5.32. The first-order valence-electron chi connectivity index (χ1n) is 7.14. The van der Waals surface area contributed by atoms with E-state index in [0.29, 0.717) is 24.4 Å². The Kier molecular flexibility index (Phi) is 5.38. The van der Waals surface area contributed by atoms with Gasteiger partial charge in [-0.05, 0) is 44.2 Å². The van der Waals surface area contributed by atoms with Gasteiger partial charge >= 0.3 is 0 Å². The van der Waals surface area contributed by atoms with E-state index in [1.165, 1.54) is 12.8 Å². The highest BCUT2D eigenvalue weighted by Gasteiger charge is 2.20. The van der Waals surface area contributed by atoms with Gasteiger partial charge in [-0.15, -0.1) is 0 Å². The van der Waals surface area contributed by atoms with Crippen molar-refractivity contribution in [1.82, 2.24) is 5.32 Å². The summed E-state index contributed by atoms with van der Waals surface area (Å²) in [5, 5.41) is 2.89. The van der Waals surface area contributed by atoms with E-state index in [9.17, 15) is 4.79 Å². The summed E-state index contributed by atoms with van der Waals surface area (Å²) in [5.41, 5.74) is 4.79. The van der Waals surface area contributed by atoms with Crippen molar-refractivity contribution in [3.05, 3.63) is 29.3 Å². The van der Waals surface area contributed by atoms with Gasteiger partial charge in [0.2, 0.25) is 0 Å². The summed E-state index contributed by atoms with van der Waals surface area (Å²) < 4.78 is 5.53. The molecule has 1 aromatic rings. The molecule has 0 unspecified atom stereocenters. The van der Waals surface area contributed by atoms with Gasteiger partial charge in [0.15, 0.2) is 0 Å². The van der Waals surface area contributed by atoms with E-state index in [-0.39, 0.29) is 5.91 Å². The van der Waals surface area contributed by atoms with E-state index in [0.717, 1.165) is 24.5 Å². The summed E-state index contributed by atoms with van der Waals surface area (Å²) in [6, 6.07) is 5.55. The van der Waals surface area contributed by atoms with E-state index in [1.54, 1.807) is 0 Å². The quantitative estimate of drug-likeness (QED) is 0.385. The van der Waals surface area contributed by atoms with Crippen LogP contribution in [0.5, 0.6) is 0 Å². The van der Waals surface area contributed by atoms with Gasteiger partial charge in [0.25, 0.3) is 5.91 Å². The number of aryl methyl sites for hydroxylation is 1. The van der Waals surface area contributed by atoms with E-state index >= 15 is 0 Å². The van der Waals surface area contributed by atoms with Gasteiger partial charge < -0.3 is 15.5 Å². The lowest BCUT2D eigenvalue weighted by Crippen LogP contribution is -2.27. The van der Waals surface area contributed by atoms with Crippen molar-refractivity contribution < 1.29 is 9.53 Å². The molecule has 1 fully saturated rings. The van der Waals surface area contributed by atoms with E-state index < -0.39 is 0 Å². The van der Waals surface area contributed by atoms with Crippen molar-refractivity contribution in [2.75, 3.05) is 25.2 Å². The number of anilines is 1. The van der Waals surface area contributed by atoms with Crippen LogP contribution in [0.15, 0.2) is 18.2 Å². The Bertz CT molecular complexity index is 458. The van der Waals surface area contributed by atoms with Crippen LogP contribution in [0.2, 0.25) is 0 Å². The highest BCUT2D eigenvalue weighted by atomic mass is 16.5. The van der Waals surface area contributed by atoms with Crippen LogP contribution < -0.4 is 16.6 Å². The third-order valence-electron chi connectivity index (χ3n) is 3.38. The van der Waals surface area contributed by atoms with Crippen LogP contribution in [0.25, 0.3) is 0 Å². The van der Waals surface area contributed by atoms with Gasteiger partial charge in [0.05, 0.1) is 11.3 Å². The van der Waals surface area contributed by atoms with Crippen LogP contribution in [-0.2, 0) is 4.74 Å². The van der Waals surface area contributed by atoms with Crippen molar-refractivity contribution in [1.29, 1.82) is 0 Å². The van der Waals surface area contributed by atoms with Crippen LogP contribution in [0.3, 0.4) is 0 Å². The molecule has 20 heavy (non-hydrogen) atoms. The number of rotatable bonds is 8. The van der Waals surface area contributed by atoms with E-state index in [4.69, 9.17) is 10.6 Å². The Hall–Kier alpha value is -1.59. The van der Waals surface area contributed by atoms with Crippen molar-refractivity contribution in [2.45, 2.75) is 26.2 Å². The number of nitrogen functional groups attached to an aromatic ring is 1. The van der Waals surface area contributed by atoms with E-state index in [2.05, 4.69) is 10.7 Å². The Balaban J connectivity index is 1.71. The lowest BCUT2D eigenvalue weighted by Gasteiger charge is -2.10. The molecule has 1 aliphatic carbocycles. The minimum absolute atomic E-state index is 0.108. The van der Waals surface area contributed by atoms with Crippen LogP contribution in [0.1, 0.15) is 35.2 Å². The number of hydrogen-bond donors (Lipinski definition) is 3. The Morgan fingerprint density at radius 3 is 2.95 bits per heavy atom. The van der Waals surface area contributed by atoms with E-state index in [1.807, 2.05) is 25.1 Å². The van der Waals surface area contributed by atoms with Crippen molar-refractivity contribution in [2.24, 2.45) is 11.8 Å². The zero-order chi connectivity index (χ0) is 14.4. The van der Waals surface area contributed by atoms with Crippen LogP contribution in [-0.4, -0.2) is 25.7 Å². The first-order chi connectivity index (χ1) is 9.70. The molecule has 1 amide bonds. The third-order valence-corrected chi connectivity index (χ3v) is 3.38. The fraction of sp³-hybridized carbons (Fsp3) is 0.533. The number of carbonyl (C=O) groups excluding carboxylic acids is 1. The van der Waals surface area contributed by atoms with Gasteiger partial charge in [-0.1, -0.05) is 11.6 Å². The van der Waals surface area contributed by atoms with Gasteiger partial charge in [-0.2, -0.15) is 0 Å². The number of benzene rings is 1. The maximum atomic E-state index is 12.1. The molecule has 0 bridgehead atoms. The number of ether oxygens (including phenoxy) is 1. The number of hydrogen-bond acceptors (Lipinski definition) is 4. The molecule has 0 spiro atoms. The molecule has 0 aliphatic heterocycles. The molecule has 110 valence electrons. The van der Waals surface area contributed by atoms with Crippen molar-refractivity contribution in [3.63, 3.8) is 0 Å². The molecule has 0 atom stereocenters. The molecule has 0 heterocycles. The predicted octanol–water partition coefficient (Wildman–Crippen LogP) is 1.83. The molecule has 0 aromatic heterocycles. The lowest BCUT2D eigenvalue weighted by molar-refractivity contribution is 0.0938. The second kappa shape index (κ2) is 7.26. The fourth-order valence-corrected chi connectivity index (χ4v) is 1.98. The fourth-order valence-electron chi connectivity index (χ4n) is 1.98. The zero-order valence-electron chi connectivity index (χ0n) is 11.9. The molecule has 4 N–H and O–H groups in total. The largest absolute Gasteiger partial charge is 0.381 e. The summed E-state index contributed by atoms with van der Waals surface area (Å²) >= 11 is 0. The molecule has 2 rings (SSSR count). The molecule has 1 aromatic carbocycles. The normalized spacial score (nSPS) is 14.1. The summed E-state index contributed by atoms with van der Waals surface area (Å²) in [7, 11) is 0. The minimum Gasteiger partial charge on any atom is -0.381 e. The Labute approximate surface area is 119 Å². The molecule has 1 aliphatic rings. The molecule has 5 heteroatoms. The van der Waals surface area contributed by atoms with Crippen molar-refractivity contribution in [3.8, 4) is 0 Å². The number of carbonyl (C=O) groups is 1. The number of nitrogens with one attached hydrogen (secondary N) is 2. The van der Waals surface area contributed by atoms with Gasteiger partial charge in [-0.25, -0.2) is 0 Å². The lowest BCUT2D eigenvalue weighted by atomic mass is 10.1. The number of nitrogens with two attached hydrogens (primary N) is 1. The number of hydrazine groups is 1. The summed E-state index contributed by atoms with van der Waals surface area (Å²) in [6.07, 6.45) is 3.44. The van der Waals surface area contributed by atoms with Crippen LogP contribution in [0, 0.1) is 12.8 Å². The number of amides is 1. The van der Waals surface area contributed by atoms with Gasteiger partial charge in [-0.3, -0.25) is 10.6 Å². The third kappa shape index (κ3) is 4.51. The average Bonchev–Trinajstić information content (AvgIpc) is 3.26. The summed E-state index contributed by atoms with van der Waals surface area (Å²) in [5.74, 6) is 6.10. The molecular formula is C15H23N3O2. The standard InChI is InChI=1S/C15H23N3O2/c1-11-3-6-14(18-16)13(9-11)15(19)17-7-2-8-20-10-12-4-5-12/h3,6,9,12,18H,2,4-5,7-8,10,16H2,1H3,(H,17,19). The average molecular weight is 277 g/mol. The minimum atomic E-state index is -0.108. The maximum absolute atomic E-state index is 12.1. The smallest absolute Gasteiger partial charge is 0.253 e. The summed E-state index contributed by atoms with van der Waals surface area (Å²) in [6.45, 7) is 4.13. The monoisotopic (exact) mass is 277 g/mol. The zero-order valence-corrected chi connectivity index (χ0v) is 11.9. The summed E-state index contributed by atoms with van der Waals surface area (Å²) in [4.78, 5) is 12.1. The Morgan fingerprint density at radius 2 is 2.25 bits per heavy atom. The highest BCUT2D eigenvalue weighted by molar-refractivity contribution is 5.99. The van der Waals surface area contributed by atoms with Crippen LogP contribution in [0.4, 0.5) is 5.69 Å². The second-order valence-electron chi connectivity index (χ2n) is 5.32. The molecular weight excluding hydrogens is 254 g/mol. The van der Waals surface area contributed by atoms with Gasteiger partial charge in [0.1, 0.15) is 0 Å². The first-order valence-corrected chi connectivity index (χ1v) is 7.14. The molecule has 5 nitrogen and oxygen atoms in total. The Morgan fingerprint density at radius 1 is 1.45 bits per heavy atom. The highest BCUT2D eigenvalue weighted by Crippen LogP contribution is 2.28. The maximum Gasteiger partial charge on any atom is 0.253 e. The molecule has 1 saturated carbocycles. The van der Waals surface area contributed by atoms with Gasteiger partial charge in [0, 0.05) is 19.8 Å². The predicted molar refractivity (Wildman–Crippen MR) is 79.5 cm³/mol. The van der Waals surface area contributed by atoms with Crippen LogP contribution >= 0.6 is 0 Å². The SMILES string of the molecule is Cc1ccc(NN)c(C(=O)NCCCOCC2CC2)c1. The molecule has 0 saturated heterocycles. The topological polar surface area (TPSA) is 76.4 Å². The van der Waals surface area contributed by atoms with Crippen molar-refractivity contribution >= 4 is 11.6 Å². The first kappa shape index (κ1) is 14.8.